The molecule has 6 aromatic carbocycles. The molecule has 24 bridgehead atoms. The van der Waals surface area contributed by atoms with E-state index in [1.54, 1.807) is 19.1 Å². The van der Waals surface area contributed by atoms with Crippen molar-refractivity contribution in [2.45, 2.75) is 55.0 Å². The lowest BCUT2D eigenvalue weighted by atomic mass is 9.81. The average molecular weight is 2090 g/mol. The van der Waals surface area contributed by atoms with E-state index in [2.05, 4.69) is 122 Å². The lowest BCUT2D eigenvalue weighted by Gasteiger charge is -2.20. The quantitative estimate of drug-likeness (QED) is 0.0496. The third-order valence-corrected chi connectivity index (χ3v) is 25.0. The van der Waals surface area contributed by atoms with E-state index in [0.717, 1.165) is 62.0 Å². The molecule has 0 unspecified atom stereocenters. The molecule has 0 saturated heterocycles. The number of rotatable bonds is 0. The highest BCUT2D eigenvalue weighted by atomic mass is 79.9. The molecule has 6 aliphatic carbocycles. The number of aryl methyl sites for hydroxylation is 1. The van der Waals surface area contributed by atoms with Gasteiger partial charge in [-0.25, -0.2) is 0 Å². The molecule has 6 fully saturated rings. The third-order valence-electron chi connectivity index (χ3n) is 21.6. The molecule has 672 valence electrons. The third kappa shape index (κ3) is 19.2. The summed E-state index contributed by atoms with van der Waals surface area (Å²) in [5.74, 6) is -16.5. The number of carbonyl (C=O) groups is 18. The van der Waals surface area contributed by atoms with E-state index in [9.17, 15) is 86.3 Å². The number of nitrogens with two attached hydrogens (primary N) is 1. The fourth-order valence-electron chi connectivity index (χ4n) is 14.3. The van der Waals surface area contributed by atoms with E-state index in [1.165, 1.54) is 175 Å². The van der Waals surface area contributed by atoms with Crippen LogP contribution in [0.2, 0.25) is 10.0 Å². The highest BCUT2D eigenvalue weighted by molar-refractivity contribution is 9.11. The first-order chi connectivity index (χ1) is 64.0. The van der Waals surface area contributed by atoms with Gasteiger partial charge in [-0.05, 0) is 210 Å². The normalized spacial score (nSPS) is 24.0. The Bertz CT molecular complexity index is 7130. The number of ketones is 18. The van der Waals surface area contributed by atoms with E-state index < -0.39 is 165 Å². The number of carbonyl (C=O) groups excluding carboxylic acids is 18. The first kappa shape index (κ1) is 96.4. The summed E-state index contributed by atoms with van der Waals surface area (Å²) >= 11 is 27.5. The molecule has 0 spiro atoms. The van der Waals surface area contributed by atoms with Gasteiger partial charge in [0.1, 0.15) is 0 Å². The van der Waals surface area contributed by atoms with Crippen molar-refractivity contribution in [2.75, 3.05) is 53.2 Å². The summed E-state index contributed by atoms with van der Waals surface area (Å²) in [6, 6.07) is 25.5. The van der Waals surface area contributed by atoms with Gasteiger partial charge in [0.2, 0.25) is 104 Å². The van der Waals surface area contributed by atoms with E-state index >= 15 is 0 Å². The van der Waals surface area contributed by atoms with Crippen LogP contribution in [0.25, 0.3) is 5.70 Å². The van der Waals surface area contributed by atoms with Crippen molar-refractivity contribution in [1.82, 2.24) is 5.32 Å². The minimum Gasteiger partial charge on any atom is -0.398 e. The monoisotopic (exact) mass is 2090 g/mol. The van der Waals surface area contributed by atoms with Crippen molar-refractivity contribution in [1.29, 1.82) is 0 Å². The highest BCUT2D eigenvalue weighted by Crippen LogP contribution is 2.40. The zero-order valence-corrected chi connectivity index (χ0v) is 78.9. The molecule has 0 amide bonds. The second kappa shape index (κ2) is 40.7. The van der Waals surface area contributed by atoms with Crippen LogP contribution in [0.15, 0.2) is 326 Å². The van der Waals surface area contributed by atoms with Crippen LogP contribution in [0.5, 0.6) is 0 Å². The molecule has 10 heterocycles. The Kier molecular flexibility index (Phi) is 29.2. The van der Waals surface area contributed by atoms with E-state index in [0.29, 0.717) is 63.1 Å². The van der Waals surface area contributed by atoms with Crippen LogP contribution in [0, 0.1) is 6.92 Å². The van der Waals surface area contributed by atoms with Gasteiger partial charge in [-0.2, -0.15) is 0 Å². The minimum atomic E-state index is -1.01. The van der Waals surface area contributed by atoms with Crippen molar-refractivity contribution >= 4 is 254 Å². The van der Waals surface area contributed by atoms with Gasteiger partial charge in [-0.15, -0.1) is 0 Å². The minimum absolute atomic E-state index is 0.0298. The Hall–Kier alpha value is -15.2. The maximum atomic E-state index is 14.3. The van der Waals surface area contributed by atoms with Gasteiger partial charge in [0.15, 0.2) is 0 Å². The first-order valence-corrected chi connectivity index (χ1v) is 44.1. The number of anilines is 10. The fraction of sp³-hybridized carbons (Fsp3) is 0.0816. The molecule has 30 nitrogen and oxygen atoms in total. The molecule has 0 atom stereocenters. The summed E-state index contributed by atoms with van der Waals surface area (Å²) in [5, 5.41) is 31.8. The zero-order valence-electron chi connectivity index (χ0n) is 71.0. The topological polar surface area (TPSA) is 466 Å². The molecule has 0 aromatic heterocycles. The molecule has 16 aliphatic rings. The molecule has 13 N–H and O–H groups in total. The number of Topliss-reactive ketones (excluding diaryl/α,β-unsaturated/α-hetero) is 18. The number of hydrogen-bond donors (Lipinski definition) is 12. The fourth-order valence-corrected chi connectivity index (χ4v) is 16.7. The molecule has 10 aliphatic heterocycles. The highest BCUT2D eigenvalue weighted by Gasteiger charge is 2.45. The standard InChI is InChI=1S/C98H70Br4Cl2N12O18/c1-8-50-81(117)56-32-106-31-45-25-68(100)74(26-67(45)99)112-39-63-88(124)54(12-5)90(126)65(96(63)132)42-116-78-30-71(103)77(29-72(78)104)115-41-64-89(125)53(11-4)84(120)59(95(64)131)35-109-48-19-21-49(22-20-48)110-36-66-91(127)55(13-6)97(133)79(98(66)134)80(105)44-14-23-73(43(7)24-44)111-37-60-86(122)51(9-2)82(118)57(93(60)129)33-107-46-15-17-47(18-16-46)108-34-58-83(119)52(10-3)87(123)62(94(58)130)40-114-76-28-69(101)75(27-70(76)102)113-38-61(85(50)121)92(56)128/h8-30,32-42,106-116H,31,105H2,1-7H3/b50-8-,51-9-,52-10+,53-11-,54-12+,55-13+,56-32+,57-33+,58-34-,59-35+,60-37-,61-38-,62-40+,63-39-,64-41-,65-42+,66-36-,80-79+. The first-order valence-electron chi connectivity index (χ1n) is 40.2. The summed E-state index contributed by atoms with van der Waals surface area (Å²) in [5.41, 5.74) is 2.76. The summed E-state index contributed by atoms with van der Waals surface area (Å²) < 4.78 is 1.47. The van der Waals surface area contributed by atoms with Gasteiger partial charge in [0.05, 0.1) is 144 Å². The number of allylic oxidation sites excluding steroid dienone is 24. The number of nitrogens with one attached hydrogen (secondary N) is 11. The van der Waals surface area contributed by atoms with Crippen molar-refractivity contribution in [3.63, 3.8) is 0 Å². The number of hydrogen-bond acceptors (Lipinski definition) is 30. The van der Waals surface area contributed by atoms with E-state index in [1.807, 2.05) is 0 Å². The molecule has 36 heteroatoms. The Balaban J connectivity index is 0.790. The predicted molar refractivity (Wildman–Crippen MR) is 520 cm³/mol. The second-order valence-corrected chi connectivity index (χ2v) is 33.9. The molecular weight excluding hydrogens is 2020 g/mol. The van der Waals surface area contributed by atoms with Crippen LogP contribution in [-0.4, -0.2) is 104 Å². The molecular formula is C98H70Br4Cl2N12O18. The van der Waals surface area contributed by atoms with Gasteiger partial charge in [-0.3, -0.25) is 86.3 Å². The Morgan fingerprint density at radius 3 is 0.784 bits per heavy atom. The number of benzene rings is 6. The van der Waals surface area contributed by atoms with Crippen molar-refractivity contribution in [3.8, 4) is 0 Å². The largest absolute Gasteiger partial charge is 0.398 e. The van der Waals surface area contributed by atoms with Crippen LogP contribution < -0.4 is 64.2 Å². The zero-order chi connectivity index (χ0) is 96.9. The smallest absolute Gasteiger partial charge is 0.204 e. The predicted octanol–water partition coefficient (Wildman–Crippen LogP) is 15.5. The molecule has 6 aromatic rings. The Morgan fingerprint density at radius 1 is 0.261 bits per heavy atom. The van der Waals surface area contributed by atoms with Gasteiger partial charge in [-0.1, -0.05) is 81.7 Å². The molecule has 0 radical (unpaired) electrons. The summed E-state index contributed by atoms with van der Waals surface area (Å²) in [6.45, 7) is 10.2. The van der Waals surface area contributed by atoms with Crippen molar-refractivity contribution in [3.05, 3.63) is 353 Å². The SMILES string of the molecule is C/C=C1\C(=O)/C2=C/Nc3cc(Br)c(cc3Br)N/C=C3/C(=O)/C(=C\Nc4ccc(cc4)N/C=C4\C(=O)/C(=C/C)C(=O)/C(=C/Nc5ccc(cc5C)/C(N)=C5\C(=O)/C(=C\Nc6ccc(cc6)N/C=C6\C(=O)/C(=C/C)C(=O)/C(=C/Nc7cc(Cl)c(cc7Cl)N/C=C7\C(=O)/C(=C/C)C(=O)/C(=C/Nc8cc(Br)c(cc8Br)CN/C=C(\C1=O)C2=O)C7=O)C6=O)C(=O)/C(=C\C)C5=O)C4=O)C(=O)/C(=C\C)C3=O. The average Bonchev–Trinajstić information content (AvgIpc) is 0.777. The lowest BCUT2D eigenvalue weighted by molar-refractivity contribution is -0.126. The molecule has 6 saturated carbocycles. The van der Waals surface area contributed by atoms with Crippen molar-refractivity contribution < 1.29 is 86.3 Å². The summed E-state index contributed by atoms with van der Waals surface area (Å²) in [4.78, 5) is 251. The van der Waals surface area contributed by atoms with Crippen LogP contribution in [-0.2, 0) is 92.8 Å². The van der Waals surface area contributed by atoms with Crippen molar-refractivity contribution in [2.24, 2.45) is 5.73 Å². The Labute approximate surface area is 805 Å². The molecule has 22 rings (SSSR count). The molecule has 134 heavy (non-hydrogen) atoms. The van der Waals surface area contributed by atoms with Gasteiger partial charge < -0.3 is 64.2 Å². The Morgan fingerprint density at radius 2 is 0.500 bits per heavy atom. The van der Waals surface area contributed by atoms with Crippen LogP contribution in [0.4, 0.5) is 56.9 Å². The van der Waals surface area contributed by atoms with Gasteiger partial charge >= 0.3 is 0 Å². The number of halogens is 6. The van der Waals surface area contributed by atoms with Crippen LogP contribution in [0.1, 0.15) is 58.2 Å². The maximum Gasteiger partial charge on any atom is 0.204 e. The maximum absolute atomic E-state index is 14.3. The van der Waals surface area contributed by atoms with E-state index in [-0.39, 0.29) is 89.6 Å². The summed E-state index contributed by atoms with van der Waals surface area (Å²) in [6.07, 6.45) is 19.8. The van der Waals surface area contributed by atoms with Gasteiger partial charge in [0, 0.05) is 121 Å². The summed E-state index contributed by atoms with van der Waals surface area (Å²) in [7, 11) is 0. The van der Waals surface area contributed by atoms with Gasteiger partial charge in [0.25, 0.3) is 0 Å². The lowest BCUT2D eigenvalue weighted by Crippen LogP contribution is -2.34. The van der Waals surface area contributed by atoms with Crippen LogP contribution in [0.3, 0.4) is 0 Å². The van der Waals surface area contributed by atoms with Crippen LogP contribution >= 0.6 is 86.9 Å². The second-order valence-electron chi connectivity index (χ2n) is 29.6. The van der Waals surface area contributed by atoms with E-state index in [4.69, 9.17) is 28.9 Å².